The highest BCUT2D eigenvalue weighted by Crippen LogP contribution is 2.19. The molecule has 2 aromatic rings. The van der Waals surface area contributed by atoms with Crippen molar-refractivity contribution in [3.05, 3.63) is 46.5 Å². The van der Waals surface area contributed by atoms with Crippen molar-refractivity contribution in [1.82, 2.24) is 9.88 Å². The van der Waals surface area contributed by atoms with Crippen LogP contribution in [0.15, 0.2) is 39.5 Å². The van der Waals surface area contributed by atoms with Gasteiger partial charge in [-0.05, 0) is 40.2 Å². The average molecular weight is 325 g/mol. The lowest BCUT2D eigenvalue weighted by atomic mass is 10.2. The Hall–Kier alpha value is -1.82. The van der Waals surface area contributed by atoms with Gasteiger partial charge >= 0.3 is 0 Å². The van der Waals surface area contributed by atoms with E-state index in [4.69, 9.17) is 9.15 Å². The first-order chi connectivity index (χ1) is 9.11. The second-order valence-corrected chi connectivity index (χ2v) is 4.71. The number of pyridine rings is 1. The molecule has 0 unspecified atom stereocenters. The van der Waals surface area contributed by atoms with Gasteiger partial charge < -0.3 is 14.1 Å². The molecular formula is C13H13BrN2O3. The number of hydrogen-bond acceptors (Lipinski definition) is 4. The fraction of sp³-hybridized carbons (Fsp3) is 0.231. The predicted molar refractivity (Wildman–Crippen MR) is 73.0 cm³/mol. The van der Waals surface area contributed by atoms with E-state index in [1.165, 1.54) is 7.11 Å². The van der Waals surface area contributed by atoms with Crippen LogP contribution in [-0.4, -0.2) is 29.9 Å². The largest absolute Gasteiger partial charge is 0.480 e. The number of carbonyl (C=O) groups excluding carboxylic acids is 1. The van der Waals surface area contributed by atoms with Gasteiger partial charge in [0, 0.05) is 13.2 Å². The number of rotatable bonds is 4. The summed E-state index contributed by atoms with van der Waals surface area (Å²) in [6.07, 6.45) is 1.58. The Labute approximate surface area is 119 Å². The maximum atomic E-state index is 12.3. The fourth-order valence-electron chi connectivity index (χ4n) is 1.66. The summed E-state index contributed by atoms with van der Waals surface area (Å²) < 4.78 is 11.1. The molecule has 0 aliphatic heterocycles. The SMILES string of the molecule is COc1ncccc1C(=O)N(C)Cc1ccc(Br)o1. The Kier molecular flexibility index (Phi) is 4.21. The van der Waals surface area contributed by atoms with Crippen LogP contribution in [0.2, 0.25) is 0 Å². The first-order valence-electron chi connectivity index (χ1n) is 5.60. The molecule has 2 aromatic heterocycles. The van der Waals surface area contributed by atoms with Crippen LogP contribution in [0.3, 0.4) is 0 Å². The Morgan fingerprint density at radius 2 is 2.26 bits per heavy atom. The molecule has 0 aliphatic rings. The van der Waals surface area contributed by atoms with Crippen LogP contribution < -0.4 is 4.74 Å². The van der Waals surface area contributed by atoms with Gasteiger partial charge in [-0.1, -0.05) is 0 Å². The lowest BCUT2D eigenvalue weighted by Crippen LogP contribution is -2.26. The molecule has 0 spiro atoms. The van der Waals surface area contributed by atoms with Gasteiger partial charge in [0.15, 0.2) is 4.67 Å². The molecule has 100 valence electrons. The number of halogens is 1. The van der Waals surface area contributed by atoms with Crippen LogP contribution in [0.5, 0.6) is 5.88 Å². The smallest absolute Gasteiger partial charge is 0.259 e. The number of hydrogen-bond donors (Lipinski definition) is 0. The molecule has 6 heteroatoms. The molecule has 0 radical (unpaired) electrons. The predicted octanol–water partition coefficient (Wildman–Crippen LogP) is 2.72. The van der Waals surface area contributed by atoms with Gasteiger partial charge in [-0.3, -0.25) is 4.79 Å². The normalized spacial score (nSPS) is 10.3. The van der Waals surface area contributed by atoms with Crippen LogP contribution in [-0.2, 0) is 6.54 Å². The zero-order valence-electron chi connectivity index (χ0n) is 10.6. The van der Waals surface area contributed by atoms with Crippen molar-refractivity contribution in [1.29, 1.82) is 0 Å². The van der Waals surface area contributed by atoms with E-state index in [2.05, 4.69) is 20.9 Å². The number of ether oxygens (including phenoxy) is 1. The van der Waals surface area contributed by atoms with Crippen molar-refractivity contribution in [3.63, 3.8) is 0 Å². The van der Waals surface area contributed by atoms with Crippen molar-refractivity contribution in [2.45, 2.75) is 6.54 Å². The Morgan fingerprint density at radius 1 is 1.47 bits per heavy atom. The minimum atomic E-state index is -0.169. The average Bonchev–Trinajstić information content (AvgIpc) is 2.83. The Balaban J connectivity index is 2.14. The summed E-state index contributed by atoms with van der Waals surface area (Å²) in [5.41, 5.74) is 0.429. The molecule has 0 bridgehead atoms. The highest BCUT2D eigenvalue weighted by Gasteiger charge is 2.18. The molecule has 0 aliphatic carbocycles. The molecule has 0 aromatic carbocycles. The molecule has 2 rings (SSSR count). The molecule has 0 fully saturated rings. The molecule has 0 N–H and O–H groups in total. The van der Waals surface area contributed by atoms with Crippen molar-refractivity contribution in [2.24, 2.45) is 0 Å². The van der Waals surface area contributed by atoms with E-state index in [-0.39, 0.29) is 5.91 Å². The summed E-state index contributed by atoms with van der Waals surface area (Å²) in [6, 6.07) is 6.99. The third-order valence-corrected chi connectivity index (χ3v) is 2.99. The monoisotopic (exact) mass is 324 g/mol. The van der Waals surface area contributed by atoms with Gasteiger partial charge in [-0.25, -0.2) is 4.98 Å². The molecule has 0 atom stereocenters. The van der Waals surface area contributed by atoms with E-state index >= 15 is 0 Å². The molecular weight excluding hydrogens is 312 g/mol. The number of methoxy groups -OCH3 is 1. The maximum absolute atomic E-state index is 12.3. The minimum absolute atomic E-state index is 0.169. The highest BCUT2D eigenvalue weighted by atomic mass is 79.9. The molecule has 19 heavy (non-hydrogen) atoms. The maximum Gasteiger partial charge on any atom is 0.259 e. The highest BCUT2D eigenvalue weighted by molar-refractivity contribution is 9.10. The Morgan fingerprint density at radius 3 is 2.89 bits per heavy atom. The molecule has 0 saturated heterocycles. The number of amides is 1. The summed E-state index contributed by atoms with van der Waals surface area (Å²) in [5.74, 6) is 0.850. The van der Waals surface area contributed by atoms with E-state index in [0.717, 1.165) is 0 Å². The van der Waals surface area contributed by atoms with Crippen molar-refractivity contribution < 1.29 is 13.9 Å². The fourth-order valence-corrected chi connectivity index (χ4v) is 2.00. The van der Waals surface area contributed by atoms with Gasteiger partial charge in [0.2, 0.25) is 5.88 Å². The third-order valence-electron chi connectivity index (χ3n) is 2.56. The summed E-state index contributed by atoms with van der Waals surface area (Å²) in [5, 5.41) is 0. The molecule has 1 amide bonds. The molecule has 5 nitrogen and oxygen atoms in total. The summed E-state index contributed by atoms with van der Waals surface area (Å²) in [7, 11) is 3.19. The Bertz CT molecular complexity index is 583. The number of nitrogens with zero attached hydrogens (tertiary/aromatic N) is 2. The first kappa shape index (κ1) is 13.6. The van der Waals surface area contributed by atoms with Crippen molar-refractivity contribution in [2.75, 3.05) is 14.2 Å². The summed E-state index contributed by atoms with van der Waals surface area (Å²) >= 11 is 3.23. The van der Waals surface area contributed by atoms with Gasteiger partial charge in [-0.2, -0.15) is 0 Å². The van der Waals surface area contributed by atoms with Crippen LogP contribution in [0.1, 0.15) is 16.1 Å². The van der Waals surface area contributed by atoms with Gasteiger partial charge in [-0.15, -0.1) is 0 Å². The van der Waals surface area contributed by atoms with E-state index in [0.29, 0.717) is 28.4 Å². The minimum Gasteiger partial charge on any atom is -0.480 e. The second-order valence-electron chi connectivity index (χ2n) is 3.93. The second kappa shape index (κ2) is 5.88. The summed E-state index contributed by atoms with van der Waals surface area (Å²) in [6.45, 7) is 0.377. The third kappa shape index (κ3) is 3.14. The lowest BCUT2D eigenvalue weighted by molar-refractivity contribution is 0.0771. The van der Waals surface area contributed by atoms with E-state index in [9.17, 15) is 4.79 Å². The van der Waals surface area contributed by atoms with Crippen LogP contribution >= 0.6 is 15.9 Å². The number of aromatic nitrogens is 1. The molecule has 0 saturated carbocycles. The standard InChI is InChI=1S/C13H13BrN2O3/c1-16(8-9-5-6-11(14)19-9)13(17)10-4-3-7-15-12(10)18-2/h3-7H,8H2,1-2H3. The van der Waals surface area contributed by atoms with E-state index < -0.39 is 0 Å². The topological polar surface area (TPSA) is 55.6 Å². The van der Waals surface area contributed by atoms with Crippen LogP contribution in [0.25, 0.3) is 0 Å². The van der Waals surface area contributed by atoms with E-state index in [1.54, 1.807) is 36.3 Å². The molecule has 2 heterocycles. The van der Waals surface area contributed by atoms with Crippen molar-refractivity contribution >= 4 is 21.8 Å². The zero-order chi connectivity index (χ0) is 13.8. The zero-order valence-corrected chi connectivity index (χ0v) is 12.2. The van der Waals surface area contributed by atoms with Crippen LogP contribution in [0, 0.1) is 0 Å². The summed E-state index contributed by atoms with van der Waals surface area (Å²) in [4.78, 5) is 17.8. The van der Waals surface area contributed by atoms with Gasteiger partial charge in [0.25, 0.3) is 5.91 Å². The number of furan rings is 1. The first-order valence-corrected chi connectivity index (χ1v) is 6.40. The quantitative estimate of drug-likeness (QED) is 0.867. The van der Waals surface area contributed by atoms with Gasteiger partial charge in [0.05, 0.1) is 13.7 Å². The van der Waals surface area contributed by atoms with Crippen molar-refractivity contribution in [3.8, 4) is 5.88 Å². The van der Waals surface area contributed by atoms with E-state index in [1.807, 2.05) is 6.07 Å². The lowest BCUT2D eigenvalue weighted by Gasteiger charge is -2.16. The van der Waals surface area contributed by atoms with Crippen LogP contribution in [0.4, 0.5) is 0 Å². The number of carbonyl (C=O) groups is 1. The van der Waals surface area contributed by atoms with Gasteiger partial charge in [0.1, 0.15) is 11.3 Å².